The largest absolute Gasteiger partial charge is 0.444 e. The summed E-state index contributed by atoms with van der Waals surface area (Å²) in [5, 5.41) is 10.5. The Labute approximate surface area is 208 Å². The molecule has 0 aromatic carbocycles. The van der Waals surface area contributed by atoms with Crippen LogP contribution in [0.25, 0.3) is 5.57 Å². The van der Waals surface area contributed by atoms with Crippen molar-refractivity contribution in [2.45, 2.75) is 51.9 Å². The maximum Gasteiger partial charge on any atom is 0.433 e. The summed E-state index contributed by atoms with van der Waals surface area (Å²) in [7, 11) is 0. The highest BCUT2D eigenvalue weighted by molar-refractivity contribution is 6.07. The fourth-order valence-electron chi connectivity index (χ4n) is 3.75. The number of nitrogens with zero attached hydrogens (tertiary/aromatic N) is 5. The molecule has 2 amide bonds. The van der Waals surface area contributed by atoms with E-state index in [4.69, 9.17) is 10.1 Å². The van der Waals surface area contributed by atoms with Crippen LogP contribution in [0.5, 0.6) is 0 Å². The second-order valence-electron chi connectivity index (χ2n) is 9.76. The number of amides is 2. The summed E-state index contributed by atoms with van der Waals surface area (Å²) in [6.07, 6.45) is -2.07. The number of carbonyl (C=O) groups excluding carboxylic acids is 2. The van der Waals surface area contributed by atoms with Crippen LogP contribution in [-0.4, -0.2) is 88.9 Å². The zero-order valence-electron chi connectivity index (χ0n) is 20.9. The number of hydrogen-bond donors (Lipinski definition) is 2. The van der Waals surface area contributed by atoms with Crippen molar-refractivity contribution >= 4 is 29.7 Å². The van der Waals surface area contributed by atoms with Gasteiger partial charge in [0.05, 0.1) is 12.2 Å². The van der Waals surface area contributed by atoms with Crippen LogP contribution in [0.15, 0.2) is 12.3 Å². The van der Waals surface area contributed by atoms with Crippen LogP contribution in [0.3, 0.4) is 0 Å². The van der Waals surface area contributed by atoms with Crippen LogP contribution < -0.4 is 10.2 Å². The topological polar surface area (TPSA) is 115 Å². The van der Waals surface area contributed by atoms with Gasteiger partial charge in [-0.05, 0) is 40.2 Å². The summed E-state index contributed by atoms with van der Waals surface area (Å²) in [6, 6.07) is 0.545. The van der Waals surface area contributed by atoms with Gasteiger partial charge in [0.1, 0.15) is 5.60 Å². The lowest BCUT2D eigenvalue weighted by Crippen LogP contribution is -2.57. The van der Waals surface area contributed by atoms with Crippen molar-refractivity contribution in [1.82, 2.24) is 25.1 Å². The fraction of sp³-hybridized carbons (Fsp3) is 0.609. The number of nitrogens with one attached hydrogen (secondary N) is 2. The molecule has 0 spiro atoms. The molecule has 1 unspecified atom stereocenters. The molecule has 2 aliphatic heterocycles. The van der Waals surface area contributed by atoms with E-state index >= 15 is 0 Å². The van der Waals surface area contributed by atoms with Gasteiger partial charge < -0.3 is 30.2 Å². The Bertz CT molecular complexity index is 1020. The molecule has 3 heterocycles. The molecule has 3 rings (SSSR count). The van der Waals surface area contributed by atoms with E-state index in [1.807, 2.05) is 6.92 Å². The number of carbonyl (C=O) groups is 2. The number of hydrogen-bond acceptors (Lipinski definition) is 8. The van der Waals surface area contributed by atoms with Gasteiger partial charge in [-0.15, -0.1) is 0 Å². The average molecular weight is 512 g/mol. The molecular weight excluding hydrogens is 479 g/mol. The molecule has 0 aliphatic carbocycles. The third kappa shape index (κ3) is 6.85. The van der Waals surface area contributed by atoms with Gasteiger partial charge >= 0.3 is 12.3 Å². The molecule has 2 saturated heterocycles. The minimum absolute atomic E-state index is 0.0356. The Morgan fingerprint density at radius 3 is 2.42 bits per heavy atom. The average Bonchev–Trinajstić information content (AvgIpc) is 2.73. The molecule has 1 atom stereocenters. The van der Waals surface area contributed by atoms with Gasteiger partial charge in [0.2, 0.25) is 11.9 Å². The smallest absolute Gasteiger partial charge is 0.433 e. The highest BCUT2D eigenvalue weighted by Crippen LogP contribution is 2.31. The molecular formula is C23H32F3N7O3. The van der Waals surface area contributed by atoms with E-state index in [2.05, 4.69) is 15.3 Å². The fourth-order valence-corrected chi connectivity index (χ4v) is 3.75. The van der Waals surface area contributed by atoms with E-state index in [0.29, 0.717) is 32.7 Å². The lowest BCUT2D eigenvalue weighted by atomic mass is 10.1. The number of halogens is 3. The number of anilines is 1. The molecule has 2 aliphatic rings. The van der Waals surface area contributed by atoms with Crippen molar-refractivity contribution in [2.24, 2.45) is 0 Å². The molecule has 0 radical (unpaired) electrons. The predicted octanol–water partition coefficient (Wildman–Crippen LogP) is 2.75. The first-order valence-corrected chi connectivity index (χ1v) is 11.7. The zero-order chi connectivity index (χ0) is 26.7. The minimum Gasteiger partial charge on any atom is -0.444 e. The van der Waals surface area contributed by atoms with E-state index in [0.717, 1.165) is 18.7 Å². The zero-order valence-corrected chi connectivity index (χ0v) is 20.9. The van der Waals surface area contributed by atoms with Crippen molar-refractivity contribution in [1.29, 1.82) is 5.41 Å². The van der Waals surface area contributed by atoms with E-state index in [1.165, 1.54) is 6.20 Å². The quantitative estimate of drug-likeness (QED) is 0.565. The van der Waals surface area contributed by atoms with Gasteiger partial charge in [-0.25, -0.2) is 14.8 Å². The SMILES string of the molecule is CC1CN(C(=O)OC(C)(C)C)CCN1C(=O)CN/C=C(\C=N)c1cc(C(F)(F)F)nc(N2CCC2)n1. The van der Waals surface area contributed by atoms with E-state index < -0.39 is 23.6 Å². The molecule has 0 bridgehead atoms. The molecule has 2 N–H and O–H groups in total. The first kappa shape index (κ1) is 27.2. The summed E-state index contributed by atoms with van der Waals surface area (Å²) >= 11 is 0. The van der Waals surface area contributed by atoms with Crippen LogP contribution in [0.1, 0.15) is 45.5 Å². The van der Waals surface area contributed by atoms with E-state index in [-0.39, 0.29) is 35.7 Å². The van der Waals surface area contributed by atoms with Crippen molar-refractivity contribution < 1.29 is 27.5 Å². The molecule has 2 fully saturated rings. The van der Waals surface area contributed by atoms with Gasteiger partial charge in [-0.3, -0.25) is 4.79 Å². The van der Waals surface area contributed by atoms with Crippen molar-refractivity contribution in [3.05, 3.63) is 23.7 Å². The number of piperazine rings is 1. The molecule has 13 heteroatoms. The van der Waals surface area contributed by atoms with E-state index in [9.17, 15) is 22.8 Å². The Kier molecular flexibility index (Phi) is 8.09. The highest BCUT2D eigenvalue weighted by Gasteiger charge is 2.35. The standard InChI is InChI=1S/C23H32F3N7O3/c1-15-14-32(21(35)36-22(2,3)4)8-9-33(15)19(34)13-28-12-16(11-27)17-10-18(23(24,25)26)30-20(29-17)31-6-5-7-31/h10-12,15,27-28H,5-9,13-14H2,1-4H3/b16-12+,27-11?. The summed E-state index contributed by atoms with van der Waals surface area (Å²) in [4.78, 5) is 37.7. The first-order chi connectivity index (χ1) is 16.8. The van der Waals surface area contributed by atoms with Crippen molar-refractivity contribution in [2.75, 3.05) is 44.2 Å². The second kappa shape index (κ2) is 10.7. The Morgan fingerprint density at radius 1 is 1.19 bits per heavy atom. The number of aromatic nitrogens is 2. The predicted molar refractivity (Wildman–Crippen MR) is 128 cm³/mol. The third-order valence-electron chi connectivity index (χ3n) is 5.71. The summed E-state index contributed by atoms with van der Waals surface area (Å²) in [6.45, 7) is 9.15. The van der Waals surface area contributed by atoms with Crippen LogP contribution in [0.2, 0.25) is 0 Å². The Hall–Kier alpha value is -3.38. The number of alkyl halides is 3. The summed E-state index contributed by atoms with van der Waals surface area (Å²) in [5.41, 5.74) is -1.68. The van der Waals surface area contributed by atoms with Crippen LogP contribution in [0.4, 0.5) is 23.9 Å². The van der Waals surface area contributed by atoms with Gasteiger partial charge in [0, 0.05) is 56.8 Å². The lowest BCUT2D eigenvalue weighted by molar-refractivity contribution is -0.141. The normalized spacial score (nSPS) is 19.0. The maximum absolute atomic E-state index is 13.4. The van der Waals surface area contributed by atoms with Gasteiger partial charge in [-0.1, -0.05) is 0 Å². The number of rotatable bonds is 6. The molecule has 1 aromatic heterocycles. The second-order valence-corrected chi connectivity index (χ2v) is 9.76. The molecule has 10 nitrogen and oxygen atoms in total. The van der Waals surface area contributed by atoms with Gasteiger partial charge in [0.15, 0.2) is 5.69 Å². The van der Waals surface area contributed by atoms with Gasteiger partial charge in [-0.2, -0.15) is 13.2 Å². The van der Waals surface area contributed by atoms with Crippen LogP contribution >= 0.6 is 0 Å². The van der Waals surface area contributed by atoms with Gasteiger partial charge in [0.25, 0.3) is 0 Å². The third-order valence-corrected chi connectivity index (χ3v) is 5.71. The highest BCUT2D eigenvalue weighted by atomic mass is 19.4. The summed E-state index contributed by atoms with van der Waals surface area (Å²) in [5.74, 6) is -0.279. The molecule has 0 saturated carbocycles. The monoisotopic (exact) mass is 511 g/mol. The number of allylic oxidation sites excluding steroid dienone is 1. The van der Waals surface area contributed by atoms with Crippen LogP contribution in [-0.2, 0) is 15.7 Å². The van der Waals surface area contributed by atoms with Crippen LogP contribution in [0, 0.1) is 5.41 Å². The molecule has 36 heavy (non-hydrogen) atoms. The van der Waals surface area contributed by atoms with Crippen molar-refractivity contribution in [3.63, 3.8) is 0 Å². The van der Waals surface area contributed by atoms with E-state index in [1.54, 1.807) is 35.5 Å². The van der Waals surface area contributed by atoms with Crippen molar-refractivity contribution in [3.8, 4) is 0 Å². The molecule has 1 aromatic rings. The Morgan fingerprint density at radius 2 is 1.89 bits per heavy atom. The first-order valence-electron chi connectivity index (χ1n) is 11.7. The number of ether oxygens (including phenoxy) is 1. The molecule has 198 valence electrons. The minimum atomic E-state index is -4.66. The lowest BCUT2D eigenvalue weighted by Gasteiger charge is -2.40. The Balaban J connectivity index is 1.64. The maximum atomic E-state index is 13.4. The summed E-state index contributed by atoms with van der Waals surface area (Å²) < 4.78 is 45.5.